The maximum atomic E-state index is 11.7. The highest BCUT2D eigenvalue weighted by Crippen LogP contribution is 2.19. The van der Waals surface area contributed by atoms with Crippen LogP contribution in [0.2, 0.25) is 0 Å². The molecule has 0 radical (unpaired) electrons. The van der Waals surface area contributed by atoms with Crippen LogP contribution in [-0.4, -0.2) is 40.2 Å². The van der Waals surface area contributed by atoms with Crippen LogP contribution in [0.3, 0.4) is 0 Å². The minimum Gasteiger partial charge on any atom is -0.329 e. The van der Waals surface area contributed by atoms with E-state index in [1.807, 2.05) is 30.3 Å². The molecule has 0 aliphatic carbocycles. The number of urea groups is 1. The van der Waals surface area contributed by atoms with E-state index < -0.39 is 10.8 Å². The molecular weight excluding hydrogens is 236 g/mol. The summed E-state index contributed by atoms with van der Waals surface area (Å²) in [7, 11) is -0.854. The van der Waals surface area contributed by atoms with Crippen molar-refractivity contribution in [3.05, 3.63) is 35.9 Å². The molecule has 92 valence electrons. The second kappa shape index (κ2) is 5.31. The first-order chi connectivity index (χ1) is 8.16. The largest absolute Gasteiger partial charge is 0.329 e. The summed E-state index contributed by atoms with van der Waals surface area (Å²) in [6.07, 6.45) is 1.66. The van der Waals surface area contributed by atoms with Gasteiger partial charge in [-0.05, 0) is 5.56 Å². The number of benzene rings is 1. The summed E-state index contributed by atoms with van der Waals surface area (Å²) >= 11 is 0. The second-order valence-corrected chi connectivity index (χ2v) is 5.69. The van der Waals surface area contributed by atoms with E-state index >= 15 is 0 Å². The second-order valence-electron chi connectivity index (χ2n) is 4.14. The van der Waals surface area contributed by atoms with E-state index in [9.17, 15) is 9.00 Å². The fourth-order valence-corrected chi connectivity index (χ4v) is 2.37. The molecule has 1 aliphatic rings. The molecule has 1 saturated heterocycles. The average Bonchev–Trinajstić information content (AvgIpc) is 2.69. The predicted molar refractivity (Wildman–Crippen MR) is 68.2 cm³/mol. The van der Waals surface area contributed by atoms with Gasteiger partial charge in [0.15, 0.2) is 0 Å². The van der Waals surface area contributed by atoms with E-state index in [4.69, 9.17) is 0 Å². The Morgan fingerprint density at radius 3 is 2.76 bits per heavy atom. The quantitative estimate of drug-likeness (QED) is 0.873. The maximum absolute atomic E-state index is 11.7. The molecule has 0 spiro atoms. The van der Waals surface area contributed by atoms with Gasteiger partial charge in [-0.3, -0.25) is 4.21 Å². The molecule has 1 aliphatic heterocycles. The molecule has 17 heavy (non-hydrogen) atoms. The third-order valence-electron chi connectivity index (χ3n) is 2.84. The summed E-state index contributed by atoms with van der Waals surface area (Å²) in [5, 5.41) is 2.93. The smallest absolute Gasteiger partial charge is 0.318 e. The Morgan fingerprint density at radius 1 is 1.41 bits per heavy atom. The molecule has 1 N–H and O–H groups in total. The zero-order valence-electron chi connectivity index (χ0n) is 9.76. The summed E-state index contributed by atoms with van der Waals surface area (Å²) in [6, 6.07) is 9.88. The lowest BCUT2D eigenvalue weighted by Crippen LogP contribution is -2.31. The number of rotatable bonds is 4. The van der Waals surface area contributed by atoms with Crippen molar-refractivity contribution in [1.29, 1.82) is 0 Å². The molecule has 0 bridgehead atoms. The number of carbonyl (C=O) groups excluding carboxylic acids is 1. The lowest BCUT2D eigenvalue weighted by molar-refractivity contribution is 0.220. The lowest BCUT2D eigenvalue weighted by Gasteiger charge is -2.13. The summed E-state index contributed by atoms with van der Waals surface area (Å²) in [5.74, 6) is 0.537. The molecule has 5 heteroatoms. The standard InChI is InChI=1S/C12H16N2O2S/c1-17(16)8-7-14-9-11(13-12(14)15)10-5-3-2-4-6-10/h2-6,11H,7-9H2,1H3,(H,13,15)/t11-,17?/m1/s1. The monoisotopic (exact) mass is 252 g/mol. The van der Waals surface area contributed by atoms with Crippen LogP contribution in [0.25, 0.3) is 0 Å². The van der Waals surface area contributed by atoms with Crippen LogP contribution in [0.15, 0.2) is 30.3 Å². The molecule has 2 amide bonds. The van der Waals surface area contributed by atoms with E-state index in [-0.39, 0.29) is 12.1 Å². The Balaban J connectivity index is 1.97. The Bertz CT molecular complexity index is 422. The molecule has 4 nitrogen and oxygen atoms in total. The van der Waals surface area contributed by atoms with Crippen molar-refractivity contribution in [2.75, 3.05) is 25.1 Å². The van der Waals surface area contributed by atoms with Crippen LogP contribution in [0.5, 0.6) is 0 Å². The number of nitrogens with zero attached hydrogens (tertiary/aromatic N) is 1. The Labute approximate surface area is 103 Å². The van der Waals surface area contributed by atoms with E-state index in [1.54, 1.807) is 11.2 Å². The molecule has 0 aromatic heterocycles. The molecule has 1 fully saturated rings. The molecule has 1 heterocycles. The number of nitrogens with one attached hydrogen (secondary N) is 1. The number of carbonyl (C=O) groups is 1. The Hall–Kier alpha value is -1.36. The average molecular weight is 252 g/mol. The van der Waals surface area contributed by atoms with Gasteiger partial charge in [-0.15, -0.1) is 0 Å². The highest BCUT2D eigenvalue weighted by Gasteiger charge is 2.29. The zero-order valence-corrected chi connectivity index (χ0v) is 10.6. The minimum atomic E-state index is -0.854. The SMILES string of the molecule is CS(=O)CCN1C[C@H](c2ccccc2)NC1=O. The molecule has 1 aromatic rings. The first kappa shape index (κ1) is 12.1. The van der Waals surface area contributed by atoms with Crippen molar-refractivity contribution in [2.45, 2.75) is 6.04 Å². The van der Waals surface area contributed by atoms with Crippen LogP contribution in [-0.2, 0) is 10.8 Å². The zero-order chi connectivity index (χ0) is 12.3. The van der Waals surface area contributed by atoms with Crippen molar-refractivity contribution in [3.63, 3.8) is 0 Å². The van der Waals surface area contributed by atoms with Gasteiger partial charge >= 0.3 is 6.03 Å². The van der Waals surface area contributed by atoms with E-state index in [0.29, 0.717) is 18.8 Å². The minimum absolute atomic E-state index is 0.0500. The third kappa shape index (κ3) is 3.06. The van der Waals surface area contributed by atoms with Crippen LogP contribution in [0.1, 0.15) is 11.6 Å². The van der Waals surface area contributed by atoms with Crippen LogP contribution in [0.4, 0.5) is 4.79 Å². The third-order valence-corrected chi connectivity index (χ3v) is 3.60. The topological polar surface area (TPSA) is 49.4 Å². The molecular formula is C12H16N2O2S. The number of hydrogen-bond acceptors (Lipinski definition) is 2. The highest BCUT2D eigenvalue weighted by molar-refractivity contribution is 7.84. The Morgan fingerprint density at radius 2 is 2.12 bits per heavy atom. The van der Waals surface area contributed by atoms with E-state index in [2.05, 4.69) is 5.32 Å². The summed E-state index contributed by atoms with van der Waals surface area (Å²) in [5.41, 5.74) is 1.11. The van der Waals surface area contributed by atoms with Crippen LogP contribution in [0, 0.1) is 0 Å². The summed E-state index contributed by atoms with van der Waals surface area (Å²) < 4.78 is 11.0. The van der Waals surface area contributed by atoms with Gasteiger partial charge in [0.05, 0.1) is 6.04 Å². The summed E-state index contributed by atoms with van der Waals surface area (Å²) in [4.78, 5) is 13.4. The van der Waals surface area contributed by atoms with Crippen molar-refractivity contribution >= 4 is 16.8 Å². The van der Waals surface area contributed by atoms with Gasteiger partial charge in [-0.25, -0.2) is 4.79 Å². The molecule has 2 rings (SSSR count). The number of hydrogen-bond donors (Lipinski definition) is 1. The van der Waals surface area contributed by atoms with Gasteiger partial charge in [0.2, 0.25) is 0 Å². The number of amides is 2. The van der Waals surface area contributed by atoms with Crippen molar-refractivity contribution in [2.24, 2.45) is 0 Å². The van der Waals surface area contributed by atoms with Crippen LogP contribution < -0.4 is 5.32 Å². The Kier molecular flexibility index (Phi) is 3.78. The van der Waals surface area contributed by atoms with Gasteiger partial charge in [-0.1, -0.05) is 30.3 Å². The van der Waals surface area contributed by atoms with E-state index in [0.717, 1.165) is 5.56 Å². The van der Waals surface area contributed by atoms with Gasteiger partial charge < -0.3 is 10.2 Å². The highest BCUT2D eigenvalue weighted by atomic mass is 32.2. The normalized spacial score (nSPS) is 21.4. The van der Waals surface area contributed by atoms with Crippen molar-refractivity contribution in [3.8, 4) is 0 Å². The van der Waals surface area contributed by atoms with Gasteiger partial charge in [-0.2, -0.15) is 0 Å². The molecule has 1 unspecified atom stereocenters. The lowest BCUT2D eigenvalue weighted by atomic mass is 10.1. The van der Waals surface area contributed by atoms with Gasteiger partial charge in [0, 0.05) is 35.9 Å². The predicted octanol–water partition coefficient (Wildman–Crippen LogP) is 1.13. The first-order valence-corrected chi connectivity index (χ1v) is 7.30. The fourth-order valence-electron chi connectivity index (χ4n) is 1.89. The molecule has 2 atom stereocenters. The van der Waals surface area contributed by atoms with Gasteiger partial charge in [0.25, 0.3) is 0 Å². The summed E-state index contributed by atoms with van der Waals surface area (Å²) in [6.45, 7) is 1.21. The first-order valence-electron chi connectivity index (χ1n) is 5.57. The molecule has 1 aromatic carbocycles. The van der Waals surface area contributed by atoms with E-state index in [1.165, 1.54) is 0 Å². The van der Waals surface area contributed by atoms with Crippen LogP contribution >= 0.6 is 0 Å². The maximum Gasteiger partial charge on any atom is 0.318 e. The van der Waals surface area contributed by atoms with Gasteiger partial charge in [0.1, 0.15) is 0 Å². The van der Waals surface area contributed by atoms with Crippen molar-refractivity contribution in [1.82, 2.24) is 10.2 Å². The molecule has 0 saturated carbocycles. The van der Waals surface area contributed by atoms with Crippen molar-refractivity contribution < 1.29 is 9.00 Å². The fraction of sp³-hybridized carbons (Fsp3) is 0.417.